The van der Waals surface area contributed by atoms with E-state index in [1.807, 2.05) is 6.92 Å². The molecule has 0 unspecified atom stereocenters. The van der Waals surface area contributed by atoms with Crippen molar-refractivity contribution >= 4 is 38.3 Å². The van der Waals surface area contributed by atoms with E-state index in [0.717, 1.165) is 6.42 Å². The largest absolute Gasteiger partial charge is 0.493 e. The number of anilines is 1. The molecule has 0 aliphatic rings. The summed E-state index contributed by atoms with van der Waals surface area (Å²) in [5.74, 6) is 0.873. The summed E-state index contributed by atoms with van der Waals surface area (Å²) in [5.41, 5.74) is 0.470. The number of amides is 1. The molecule has 0 saturated carbocycles. The second-order valence-electron chi connectivity index (χ2n) is 4.13. The Morgan fingerprint density at radius 1 is 1.48 bits per heavy atom. The maximum absolute atomic E-state index is 12.2. The zero-order valence-electron chi connectivity index (χ0n) is 11.7. The van der Waals surface area contributed by atoms with E-state index in [4.69, 9.17) is 9.47 Å². The third-order valence-corrected chi connectivity index (χ3v) is 3.87. The fourth-order valence-corrected chi connectivity index (χ4v) is 2.73. The highest BCUT2D eigenvalue weighted by Gasteiger charge is 2.16. The van der Waals surface area contributed by atoms with Crippen LogP contribution in [0.3, 0.4) is 0 Å². The van der Waals surface area contributed by atoms with Crippen molar-refractivity contribution in [3.63, 3.8) is 0 Å². The van der Waals surface area contributed by atoms with Gasteiger partial charge < -0.3 is 9.47 Å². The molecule has 1 heterocycles. The van der Waals surface area contributed by atoms with E-state index in [-0.39, 0.29) is 5.91 Å². The summed E-state index contributed by atoms with van der Waals surface area (Å²) in [6.45, 7) is 2.61. The molecule has 0 spiro atoms. The van der Waals surface area contributed by atoms with Crippen molar-refractivity contribution in [2.24, 2.45) is 0 Å². The Hall–Kier alpha value is -1.60. The fourth-order valence-electron chi connectivity index (χ4n) is 1.65. The number of benzene rings is 1. The molecule has 0 atom stereocenters. The predicted octanol–water partition coefficient (Wildman–Crippen LogP) is 3.96. The van der Waals surface area contributed by atoms with Crippen LogP contribution in [-0.4, -0.2) is 24.6 Å². The highest BCUT2D eigenvalue weighted by molar-refractivity contribution is 9.10. The minimum Gasteiger partial charge on any atom is -0.493 e. The molecule has 21 heavy (non-hydrogen) atoms. The summed E-state index contributed by atoms with van der Waals surface area (Å²) < 4.78 is 11.6. The molecule has 0 fully saturated rings. The Balaban J connectivity index is 2.24. The van der Waals surface area contributed by atoms with Gasteiger partial charge in [-0.05, 0) is 34.5 Å². The Morgan fingerprint density at radius 3 is 2.90 bits per heavy atom. The van der Waals surface area contributed by atoms with Crippen LogP contribution >= 0.6 is 27.3 Å². The maximum atomic E-state index is 12.2. The van der Waals surface area contributed by atoms with Gasteiger partial charge in [0.1, 0.15) is 0 Å². The first-order valence-electron chi connectivity index (χ1n) is 6.37. The third kappa shape index (κ3) is 3.95. The number of carbonyl (C=O) groups excluding carboxylic acids is 1. The minimum absolute atomic E-state index is 0.244. The Labute approximate surface area is 135 Å². The van der Waals surface area contributed by atoms with Gasteiger partial charge in [-0.15, -0.1) is 11.3 Å². The van der Waals surface area contributed by atoms with Gasteiger partial charge in [0.15, 0.2) is 16.6 Å². The molecule has 0 radical (unpaired) electrons. The van der Waals surface area contributed by atoms with E-state index < -0.39 is 0 Å². The lowest BCUT2D eigenvalue weighted by Gasteiger charge is -2.13. The van der Waals surface area contributed by atoms with Gasteiger partial charge in [-0.3, -0.25) is 10.1 Å². The number of methoxy groups -OCH3 is 1. The second-order valence-corrected chi connectivity index (χ2v) is 5.88. The van der Waals surface area contributed by atoms with Crippen LogP contribution in [-0.2, 0) is 0 Å². The van der Waals surface area contributed by atoms with Crippen molar-refractivity contribution < 1.29 is 14.3 Å². The Morgan fingerprint density at radius 2 is 2.29 bits per heavy atom. The quantitative estimate of drug-likeness (QED) is 0.835. The molecule has 0 aliphatic carbocycles. The molecule has 1 amide bonds. The molecule has 1 aromatic carbocycles. The molecule has 2 rings (SSSR count). The summed E-state index contributed by atoms with van der Waals surface area (Å²) >= 11 is 4.78. The first kappa shape index (κ1) is 15.8. The lowest BCUT2D eigenvalue weighted by Crippen LogP contribution is -2.12. The number of hydrogen-bond donors (Lipinski definition) is 1. The van der Waals surface area contributed by atoms with E-state index >= 15 is 0 Å². The molecular formula is C14H15BrN2O3S. The number of aromatic nitrogens is 1. The summed E-state index contributed by atoms with van der Waals surface area (Å²) in [5, 5.41) is 5.09. The zero-order valence-corrected chi connectivity index (χ0v) is 14.1. The van der Waals surface area contributed by atoms with Gasteiger partial charge >= 0.3 is 0 Å². The predicted molar refractivity (Wildman–Crippen MR) is 86.5 cm³/mol. The molecule has 1 N–H and O–H groups in total. The SMILES string of the molecule is CCCOc1c(Br)cc(C(=O)Nc2nccs2)cc1OC. The van der Waals surface area contributed by atoms with Crippen molar-refractivity contribution in [2.75, 3.05) is 19.0 Å². The standard InChI is InChI=1S/C14H15BrN2O3S/c1-3-5-20-12-10(15)7-9(8-11(12)19-2)13(18)17-14-16-4-6-21-14/h4,6-8H,3,5H2,1-2H3,(H,16,17,18). The van der Waals surface area contributed by atoms with Crippen molar-refractivity contribution in [1.29, 1.82) is 0 Å². The van der Waals surface area contributed by atoms with Gasteiger partial charge in [-0.25, -0.2) is 4.98 Å². The number of halogens is 1. The van der Waals surface area contributed by atoms with Crippen LogP contribution < -0.4 is 14.8 Å². The Kier molecular flexibility index (Phi) is 5.58. The van der Waals surface area contributed by atoms with Gasteiger partial charge in [-0.1, -0.05) is 6.92 Å². The molecule has 0 aliphatic heterocycles. The highest BCUT2D eigenvalue weighted by Crippen LogP contribution is 2.37. The summed E-state index contributed by atoms with van der Waals surface area (Å²) in [7, 11) is 1.54. The number of hydrogen-bond acceptors (Lipinski definition) is 5. The highest BCUT2D eigenvalue weighted by atomic mass is 79.9. The summed E-state index contributed by atoms with van der Waals surface area (Å²) in [6, 6.07) is 3.36. The average Bonchev–Trinajstić information content (AvgIpc) is 2.98. The average molecular weight is 371 g/mol. The zero-order chi connectivity index (χ0) is 15.2. The van der Waals surface area contributed by atoms with Gasteiger partial charge in [0.05, 0.1) is 18.2 Å². The van der Waals surface area contributed by atoms with Crippen molar-refractivity contribution in [3.05, 3.63) is 33.7 Å². The molecule has 0 saturated heterocycles. The van der Waals surface area contributed by atoms with E-state index in [1.54, 1.807) is 30.8 Å². The van der Waals surface area contributed by atoms with Gasteiger partial charge in [0.25, 0.3) is 5.91 Å². The monoisotopic (exact) mass is 370 g/mol. The molecular weight excluding hydrogens is 356 g/mol. The number of carbonyl (C=O) groups is 1. The number of thiazole rings is 1. The van der Waals surface area contributed by atoms with Crippen molar-refractivity contribution in [1.82, 2.24) is 4.98 Å². The smallest absolute Gasteiger partial charge is 0.257 e. The summed E-state index contributed by atoms with van der Waals surface area (Å²) in [4.78, 5) is 16.2. The number of ether oxygens (including phenoxy) is 2. The van der Waals surface area contributed by atoms with E-state index in [0.29, 0.717) is 33.3 Å². The molecule has 0 bridgehead atoms. The van der Waals surface area contributed by atoms with Crippen molar-refractivity contribution in [3.8, 4) is 11.5 Å². The van der Waals surface area contributed by atoms with Crippen LogP contribution in [0.5, 0.6) is 11.5 Å². The molecule has 7 heteroatoms. The fraction of sp³-hybridized carbons (Fsp3) is 0.286. The van der Waals surface area contributed by atoms with Crippen LogP contribution in [0, 0.1) is 0 Å². The van der Waals surface area contributed by atoms with E-state index in [2.05, 4.69) is 26.2 Å². The number of rotatable bonds is 6. The number of nitrogens with one attached hydrogen (secondary N) is 1. The first-order valence-corrected chi connectivity index (χ1v) is 8.04. The molecule has 1 aromatic heterocycles. The van der Waals surface area contributed by atoms with Crippen molar-refractivity contribution in [2.45, 2.75) is 13.3 Å². The van der Waals surface area contributed by atoms with Crippen LogP contribution in [0.15, 0.2) is 28.2 Å². The minimum atomic E-state index is -0.244. The van der Waals surface area contributed by atoms with Gasteiger partial charge in [0, 0.05) is 17.1 Å². The molecule has 2 aromatic rings. The lowest BCUT2D eigenvalue weighted by atomic mass is 10.2. The van der Waals surface area contributed by atoms with E-state index in [9.17, 15) is 4.79 Å². The molecule has 5 nitrogen and oxygen atoms in total. The third-order valence-electron chi connectivity index (χ3n) is 2.59. The van der Waals surface area contributed by atoms with Crippen LogP contribution in [0.2, 0.25) is 0 Å². The summed E-state index contributed by atoms with van der Waals surface area (Å²) in [6.07, 6.45) is 2.53. The van der Waals surface area contributed by atoms with Crippen LogP contribution in [0.25, 0.3) is 0 Å². The molecule has 112 valence electrons. The Bertz CT molecular complexity index is 617. The lowest BCUT2D eigenvalue weighted by molar-refractivity contribution is 0.102. The van der Waals surface area contributed by atoms with Crippen LogP contribution in [0.1, 0.15) is 23.7 Å². The first-order chi connectivity index (χ1) is 10.2. The van der Waals surface area contributed by atoms with Gasteiger partial charge in [-0.2, -0.15) is 0 Å². The second kappa shape index (κ2) is 7.42. The topological polar surface area (TPSA) is 60.5 Å². The number of nitrogens with zero attached hydrogens (tertiary/aromatic N) is 1. The van der Waals surface area contributed by atoms with Gasteiger partial charge in [0.2, 0.25) is 0 Å². The normalized spacial score (nSPS) is 10.2. The maximum Gasteiger partial charge on any atom is 0.257 e. The van der Waals surface area contributed by atoms with E-state index in [1.165, 1.54) is 11.3 Å². The van der Waals surface area contributed by atoms with Crippen LogP contribution in [0.4, 0.5) is 5.13 Å².